The number of hydrogen-bond donors (Lipinski definition) is 2. The molecular weight excluding hydrogens is 302 g/mol. The van der Waals surface area contributed by atoms with Crippen LogP contribution in [0.1, 0.15) is 30.8 Å². The normalized spacial score (nSPS) is 12.6. The van der Waals surface area contributed by atoms with Gasteiger partial charge in [0.2, 0.25) is 0 Å². The Morgan fingerprint density at radius 3 is 2.85 bits per heavy atom. The van der Waals surface area contributed by atoms with Gasteiger partial charge in [0, 0.05) is 17.5 Å². The molecule has 2 rings (SSSR count). The van der Waals surface area contributed by atoms with Crippen molar-refractivity contribution in [3.8, 4) is 0 Å². The van der Waals surface area contributed by atoms with Gasteiger partial charge < -0.3 is 5.32 Å². The van der Waals surface area contributed by atoms with Gasteiger partial charge in [-0.15, -0.1) is 0 Å². The number of nitrogens with zero attached hydrogens (tertiary/aromatic N) is 2. The average Bonchev–Trinajstić information content (AvgIpc) is 2.92. The van der Waals surface area contributed by atoms with Crippen LogP contribution >= 0.6 is 23.2 Å². The summed E-state index contributed by atoms with van der Waals surface area (Å²) in [4.78, 5) is 4.05. The number of aromatic amines is 1. The second-order valence-corrected chi connectivity index (χ2v) is 5.31. The Labute approximate surface area is 126 Å². The third-order valence-electron chi connectivity index (χ3n) is 3.01. The van der Waals surface area contributed by atoms with Crippen LogP contribution in [0, 0.1) is 5.82 Å². The van der Waals surface area contributed by atoms with Gasteiger partial charge in [0.25, 0.3) is 0 Å². The van der Waals surface area contributed by atoms with Gasteiger partial charge in [0.05, 0.1) is 5.02 Å². The summed E-state index contributed by atoms with van der Waals surface area (Å²) in [7, 11) is 0. The predicted molar refractivity (Wildman–Crippen MR) is 77.5 cm³/mol. The Bertz CT molecular complexity index is 560. The summed E-state index contributed by atoms with van der Waals surface area (Å²) in [5.41, 5.74) is 0.702. The molecule has 0 bridgehead atoms. The lowest BCUT2D eigenvalue weighted by atomic mass is 10.1. The van der Waals surface area contributed by atoms with E-state index in [1.165, 1.54) is 18.5 Å². The molecule has 1 heterocycles. The Balaban J connectivity index is 1.85. The van der Waals surface area contributed by atoms with E-state index in [0.717, 1.165) is 25.2 Å². The minimum absolute atomic E-state index is 0.0382. The van der Waals surface area contributed by atoms with Crippen LogP contribution in [0.25, 0.3) is 0 Å². The predicted octanol–water partition coefficient (Wildman–Crippen LogP) is 3.53. The smallest absolute Gasteiger partial charge is 0.142 e. The summed E-state index contributed by atoms with van der Waals surface area (Å²) < 4.78 is 13.5. The number of rotatable bonds is 6. The first-order valence-electron chi connectivity index (χ1n) is 6.30. The van der Waals surface area contributed by atoms with E-state index in [4.69, 9.17) is 23.2 Å². The SMILES string of the molecule is CC(NCCCc1ncn[nH]1)c1cc(F)c(Cl)cc1Cl. The van der Waals surface area contributed by atoms with Crippen molar-refractivity contribution < 1.29 is 4.39 Å². The van der Waals surface area contributed by atoms with E-state index in [-0.39, 0.29) is 11.1 Å². The monoisotopic (exact) mass is 316 g/mol. The number of H-pyrrole nitrogens is 1. The second kappa shape index (κ2) is 7.02. The van der Waals surface area contributed by atoms with Crippen molar-refractivity contribution in [2.75, 3.05) is 6.54 Å². The van der Waals surface area contributed by atoms with E-state index < -0.39 is 5.82 Å². The lowest BCUT2D eigenvalue weighted by molar-refractivity contribution is 0.548. The molecule has 0 fully saturated rings. The van der Waals surface area contributed by atoms with Gasteiger partial charge in [-0.2, -0.15) is 5.10 Å². The molecule has 1 atom stereocenters. The van der Waals surface area contributed by atoms with Gasteiger partial charge in [-0.3, -0.25) is 5.10 Å². The Kier molecular flexibility index (Phi) is 5.34. The zero-order chi connectivity index (χ0) is 14.5. The highest BCUT2D eigenvalue weighted by molar-refractivity contribution is 6.35. The Morgan fingerprint density at radius 2 is 2.15 bits per heavy atom. The van der Waals surface area contributed by atoms with Crippen LogP contribution in [-0.2, 0) is 6.42 Å². The largest absolute Gasteiger partial charge is 0.310 e. The molecule has 0 spiro atoms. The third kappa shape index (κ3) is 3.91. The highest BCUT2D eigenvalue weighted by Crippen LogP contribution is 2.28. The Morgan fingerprint density at radius 1 is 1.35 bits per heavy atom. The Hall–Kier alpha value is -1.17. The molecule has 1 aromatic carbocycles. The first kappa shape index (κ1) is 15.2. The first-order chi connectivity index (χ1) is 9.58. The van der Waals surface area contributed by atoms with E-state index in [0.29, 0.717) is 10.6 Å². The zero-order valence-electron chi connectivity index (χ0n) is 11.0. The number of benzene rings is 1. The highest BCUT2D eigenvalue weighted by atomic mass is 35.5. The molecule has 0 saturated carbocycles. The van der Waals surface area contributed by atoms with Crippen molar-refractivity contribution >= 4 is 23.2 Å². The second-order valence-electron chi connectivity index (χ2n) is 4.50. The fourth-order valence-corrected chi connectivity index (χ4v) is 2.45. The van der Waals surface area contributed by atoms with Crippen LogP contribution in [0.5, 0.6) is 0 Å². The van der Waals surface area contributed by atoms with E-state index >= 15 is 0 Å². The quantitative estimate of drug-likeness (QED) is 0.633. The van der Waals surface area contributed by atoms with Crippen molar-refractivity contribution in [3.05, 3.63) is 45.7 Å². The average molecular weight is 317 g/mol. The molecule has 0 radical (unpaired) electrons. The van der Waals surface area contributed by atoms with Crippen molar-refractivity contribution in [1.29, 1.82) is 0 Å². The summed E-state index contributed by atoms with van der Waals surface area (Å²) >= 11 is 11.8. The summed E-state index contributed by atoms with van der Waals surface area (Å²) in [5.74, 6) is 0.399. The lowest BCUT2D eigenvalue weighted by Crippen LogP contribution is -2.21. The summed E-state index contributed by atoms with van der Waals surface area (Å²) in [6, 6.07) is 2.75. The molecule has 2 aromatic rings. The number of aryl methyl sites for hydroxylation is 1. The van der Waals surface area contributed by atoms with Gasteiger partial charge in [0.15, 0.2) is 0 Å². The molecular formula is C13H15Cl2FN4. The summed E-state index contributed by atoms with van der Waals surface area (Å²) in [6.45, 7) is 2.70. The number of aromatic nitrogens is 3. The molecule has 4 nitrogen and oxygen atoms in total. The number of nitrogens with one attached hydrogen (secondary N) is 2. The maximum absolute atomic E-state index is 13.5. The molecule has 7 heteroatoms. The molecule has 1 unspecified atom stereocenters. The minimum atomic E-state index is -0.457. The van der Waals surface area contributed by atoms with Crippen molar-refractivity contribution in [1.82, 2.24) is 20.5 Å². The van der Waals surface area contributed by atoms with Crippen LogP contribution in [0.2, 0.25) is 10.0 Å². The molecule has 0 aliphatic carbocycles. The van der Waals surface area contributed by atoms with Gasteiger partial charge in [-0.1, -0.05) is 23.2 Å². The number of hydrogen-bond acceptors (Lipinski definition) is 3. The summed E-state index contributed by atoms with van der Waals surface area (Å²) in [6.07, 6.45) is 3.19. The molecule has 1 aromatic heterocycles. The molecule has 0 amide bonds. The molecule has 20 heavy (non-hydrogen) atoms. The van der Waals surface area contributed by atoms with Crippen LogP contribution in [0.4, 0.5) is 4.39 Å². The van der Waals surface area contributed by atoms with Crippen LogP contribution in [0.15, 0.2) is 18.5 Å². The van der Waals surface area contributed by atoms with Gasteiger partial charge in [-0.05, 0) is 37.6 Å². The van der Waals surface area contributed by atoms with E-state index in [1.807, 2.05) is 6.92 Å². The van der Waals surface area contributed by atoms with Gasteiger partial charge in [0.1, 0.15) is 18.0 Å². The molecule has 2 N–H and O–H groups in total. The summed E-state index contributed by atoms with van der Waals surface area (Å²) in [5, 5.41) is 10.4. The third-order valence-corrected chi connectivity index (χ3v) is 3.63. The molecule has 0 aliphatic heterocycles. The molecule has 0 saturated heterocycles. The maximum Gasteiger partial charge on any atom is 0.142 e. The van der Waals surface area contributed by atoms with Gasteiger partial charge >= 0.3 is 0 Å². The van der Waals surface area contributed by atoms with Crippen molar-refractivity contribution in [3.63, 3.8) is 0 Å². The first-order valence-corrected chi connectivity index (χ1v) is 7.05. The standard InChI is InChI=1S/C13H15Cl2FN4/c1-8(9-5-12(16)11(15)6-10(9)14)17-4-2-3-13-18-7-19-20-13/h5-8,17H,2-4H2,1H3,(H,18,19,20). The topological polar surface area (TPSA) is 53.6 Å². The number of halogens is 3. The fraction of sp³-hybridized carbons (Fsp3) is 0.385. The van der Waals surface area contributed by atoms with Crippen LogP contribution in [0.3, 0.4) is 0 Å². The minimum Gasteiger partial charge on any atom is -0.310 e. The lowest BCUT2D eigenvalue weighted by Gasteiger charge is -2.16. The van der Waals surface area contributed by atoms with E-state index in [2.05, 4.69) is 20.5 Å². The van der Waals surface area contributed by atoms with E-state index in [1.54, 1.807) is 0 Å². The van der Waals surface area contributed by atoms with E-state index in [9.17, 15) is 4.39 Å². The molecule has 0 aliphatic rings. The highest BCUT2D eigenvalue weighted by Gasteiger charge is 2.12. The van der Waals surface area contributed by atoms with Crippen molar-refractivity contribution in [2.45, 2.75) is 25.8 Å². The zero-order valence-corrected chi connectivity index (χ0v) is 12.5. The van der Waals surface area contributed by atoms with Crippen LogP contribution in [-0.4, -0.2) is 21.7 Å². The van der Waals surface area contributed by atoms with Gasteiger partial charge in [-0.25, -0.2) is 9.37 Å². The van der Waals surface area contributed by atoms with Crippen LogP contribution < -0.4 is 5.32 Å². The molecule has 108 valence electrons. The van der Waals surface area contributed by atoms with Crippen molar-refractivity contribution in [2.24, 2.45) is 0 Å². The fourth-order valence-electron chi connectivity index (χ4n) is 1.91. The maximum atomic E-state index is 13.5.